The van der Waals surface area contributed by atoms with E-state index in [9.17, 15) is 13.5 Å². The molecule has 2 atom stereocenters. The molecule has 0 radical (unpaired) electrons. The van der Waals surface area contributed by atoms with Crippen LogP contribution in [0.1, 0.15) is 0 Å². The number of sulfone groups is 1. The fraction of sp³-hybridized carbons (Fsp3) is 0.700. The predicted molar refractivity (Wildman–Crippen MR) is 75.3 cm³/mol. The zero-order chi connectivity index (χ0) is 13.6. The first-order chi connectivity index (χ1) is 8.44. The summed E-state index contributed by atoms with van der Waals surface area (Å²) in [6.45, 7) is 5.25. The lowest BCUT2D eigenvalue weighted by Gasteiger charge is -2.15. The van der Waals surface area contributed by atoms with Crippen LogP contribution in [0.5, 0.6) is 0 Å². The minimum absolute atomic E-state index is 0.00662. The first kappa shape index (κ1) is 15.4. The average molecular weight is 293 g/mol. The van der Waals surface area contributed by atoms with Crippen LogP contribution < -0.4 is 16.0 Å². The van der Waals surface area contributed by atoms with Crippen LogP contribution in [0.15, 0.2) is 12.7 Å². The van der Waals surface area contributed by atoms with Crippen molar-refractivity contribution in [1.29, 1.82) is 0 Å². The molecule has 1 aliphatic heterocycles. The molecule has 0 saturated carbocycles. The molecule has 1 saturated heterocycles. The maximum absolute atomic E-state index is 11.3. The van der Waals surface area contributed by atoms with Crippen molar-refractivity contribution in [1.82, 2.24) is 16.0 Å². The molecule has 0 aliphatic carbocycles. The van der Waals surface area contributed by atoms with Crippen LogP contribution in [-0.4, -0.2) is 61.9 Å². The SMILES string of the molecule is C=CCNC(=S)NCCN[C@@H]1CS(=O)(=O)C[C@@H]1O. The molecule has 0 aromatic heterocycles. The summed E-state index contributed by atoms with van der Waals surface area (Å²) in [5, 5.41) is 18.9. The number of hydrogen-bond acceptors (Lipinski definition) is 5. The van der Waals surface area contributed by atoms with E-state index in [4.69, 9.17) is 12.2 Å². The number of rotatable bonds is 6. The molecule has 1 rings (SSSR count). The van der Waals surface area contributed by atoms with Crippen molar-refractivity contribution >= 4 is 27.2 Å². The first-order valence-corrected chi connectivity index (χ1v) is 7.92. The van der Waals surface area contributed by atoms with Gasteiger partial charge in [0.2, 0.25) is 0 Å². The molecule has 4 N–H and O–H groups in total. The quantitative estimate of drug-likeness (QED) is 0.266. The van der Waals surface area contributed by atoms with Crippen molar-refractivity contribution in [2.75, 3.05) is 31.1 Å². The standard InChI is InChI=1S/C10H19N3O3S2/c1-2-3-12-10(17)13-5-4-11-8-6-18(15,16)7-9(8)14/h2,8-9,11,14H,1,3-7H2,(H2,12,13,17)/t8-,9+/m1/s1. The third-order valence-corrected chi connectivity index (χ3v) is 4.55. The first-order valence-electron chi connectivity index (χ1n) is 5.69. The molecule has 8 heteroatoms. The summed E-state index contributed by atoms with van der Waals surface area (Å²) in [7, 11) is -3.09. The van der Waals surface area contributed by atoms with Crippen molar-refractivity contribution in [3.8, 4) is 0 Å². The highest BCUT2D eigenvalue weighted by molar-refractivity contribution is 7.91. The molecular formula is C10H19N3O3S2. The Morgan fingerprint density at radius 1 is 1.39 bits per heavy atom. The third kappa shape index (κ3) is 5.30. The summed E-state index contributed by atoms with van der Waals surface area (Å²) in [6, 6.07) is -0.383. The Morgan fingerprint density at radius 2 is 2.11 bits per heavy atom. The predicted octanol–water partition coefficient (Wildman–Crippen LogP) is -1.62. The number of nitrogens with one attached hydrogen (secondary N) is 3. The maximum atomic E-state index is 11.3. The highest BCUT2D eigenvalue weighted by atomic mass is 32.2. The summed E-state index contributed by atoms with van der Waals surface area (Å²) in [6.07, 6.45) is 0.882. The zero-order valence-electron chi connectivity index (χ0n) is 10.1. The van der Waals surface area contributed by atoms with Gasteiger partial charge in [-0.2, -0.15) is 0 Å². The third-order valence-electron chi connectivity index (χ3n) is 2.55. The summed E-state index contributed by atoms with van der Waals surface area (Å²) in [5.41, 5.74) is 0. The molecule has 0 bridgehead atoms. The van der Waals surface area contributed by atoms with E-state index >= 15 is 0 Å². The maximum Gasteiger partial charge on any atom is 0.166 e. The lowest BCUT2D eigenvalue weighted by Crippen LogP contribution is -2.44. The molecular weight excluding hydrogens is 274 g/mol. The Kier molecular flexibility index (Phi) is 6.00. The molecule has 6 nitrogen and oxygen atoms in total. The highest BCUT2D eigenvalue weighted by Gasteiger charge is 2.35. The molecule has 0 aromatic rings. The van der Waals surface area contributed by atoms with E-state index in [1.807, 2.05) is 0 Å². The molecule has 104 valence electrons. The molecule has 1 aliphatic rings. The van der Waals surface area contributed by atoms with E-state index in [0.717, 1.165) is 0 Å². The Balaban J connectivity index is 2.15. The van der Waals surface area contributed by atoms with Crippen LogP contribution >= 0.6 is 12.2 Å². The normalized spacial score (nSPS) is 25.6. The molecule has 0 unspecified atom stereocenters. The second kappa shape index (κ2) is 7.03. The number of hydrogen-bond donors (Lipinski definition) is 4. The van der Waals surface area contributed by atoms with E-state index < -0.39 is 15.9 Å². The Labute approximate surface area is 113 Å². The van der Waals surface area contributed by atoms with Gasteiger partial charge in [-0.25, -0.2) is 8.42 Å². The van der Waals surface area contributed by atoms with Gasteiger partial charge < -0.3 is 21.1 Å². The molecule has 1 heterocycles. The summed E-state index contributed by atoms with van der Waals surface area (Å²) in [4.78, 5) is 0. The van der Waals surface area contributed by atoms with Gasteiger partial charge in [0.25, 0.3) is 0 Å². The highest BCUT2D eigenvalue weighted by Crippen LogP contribution is 2.11. The van der Waals surface area contributed by atoms with Crippen molar-refractivity contribution in [3.05, 3.63) is 12.7 Å². The van der Waals surface area contributed by atoms with E-state index in [-0.39, 0.29) is 17.5 Å². The minimum Gasteiger partial charge on any atom is -0.390 e. The topological polar surface area (TPSA) is 90.5 Å². The van der Waals surface area contributed by atoms with Crippen LogP contribution in [0.3, 0.4) is 0 Å². The Bertz CT molecular complexity index is 397. The van der Waals surface area contributed by atoms with Gasteiger partial charge in [-0.15, -0.1) is 6.58 Å². The van der Waals surface area contributed by atoms with Crippen molar-refractivity contribution < 1.29 is 13.5 Å². The minimum atomic E-state index is -3.09. The largest absolute Gasteiger partial charge is 0.390 e. The number of thiocarbonyl (C=S) groups is 1. The number of aliphatic hydroxyl groups is 1. The van der Waals surface area contributed by atoms with Crippen molar-refractivity contribution in [3.63, 3.8) is 0 Å². The van der Waals surface area contributed by atoms with Gasteiger partial charge in [0, 0.05) is 25.7 Å². The van der Waals surface area contributed by atoms with E-state index in [1.54, 1.807) is 6.08 Å². The smallest absolute Gasteiger partial charge is 0.166 e. The molecule has 0 spiro atoms. The zero-order valence-corrected chi connectivity index (χ0v) is 11.7. The summed E-state index contributed by atoms with van der Waals surface area (Å²) in [5.74, 6) is -0.162. The van der Waals surface area contributed by atoms with Gasteiger partial charge in [-0.1, -0.05) is 6.08 Å². The monoisotopic (exact) mass is 293 g/mol. The lowest BCUT2D eigenvalue weighted by molar-refractivity contribution is 0.166. The van der Waals surface area contributed by atoms with Gasteiger partial charge in [0.1, 0.15) is 0 Å². The molecule has 18 heavy (non-hydrogen) atoms. The Morgan fingerprint density at radius 3 is 2.67 bits per heavy atom. The van der Waals surface area contributed by atoms with Gasteiger partial charge in [0.05, 0.1) is 17.6 Å². The molecule has 1 fully saturated rings. The van der Waals surface area contributed by atoms with Gasteiger partial charge >= 0.3 is 0 Å². The van der Waals surface area contributed by atoms with Crippen LogP contribution in [0.2, 0.25) is 0 Å². The number of aliphatic hydroxyl groups excluding tert-OH is 1. The van der Waals surface area contributed by atoms with E-state index in [1.165, 1.54) is 0 Å². The van der Waals surface area contributed by atoms with Gasteiger partial charge in [-0.05, 0) is 12.2 Å². The van der Waals surface area contributed by atoms with Gasteiger partial charge in [0.15, 0.2) is 14.9 Å². The summed E-state index contributed by atoms with van der Waals surface area (Å²) < 4.78 is 22.5. The second-order valence-corrected chi connectivity index (χ2v) is 6.69. The van der Waals surface area contributed by atoms with E-state index in [2.05, 4.69) is 22.5 Å². The van der Waals surface area contributed by atoms with Crippen LogP contribution in [0.4, 0.5) is 0 Å². The Hall–Kier alpha value is -0.700. The van der Waals surface area contributed by atoms with Crippen molar-refractivity contribution in [2.24, 2.45) is 0 Å². The van der Waals surface area contributed by atoms with Gasteiger partial charge in [-0.3, -0.25) is 0 Å². The average Bonchev–Trinajstić information content (AvgIpc) is 2.55. The molecule has 0 amide bonds. The second-order valence-electron chi connectivity index (χ2n) is 4.13. The fourth-order valence-corrected chi connectivity index (χ4v) is 3.65. The summed E-state index contributed by atoms with van der Waals surface area (Å²) >= 11 is 4.98. The fourth-order valence-electron chi connectivity index (χ4n) is 1.68. The lowest BCUT2D eigenvalue weighted by atomic mass is 10.2. The van der Waals surface area contributed by atoms with Crippen LogP contribution in [-0.2, 0) is 9.84 Å². The van der Waals surface area contributed by atoms with Crippen LogP contribution in [0.25, 0.3) is 0 Å². The van der Waals surface area contributed by atoms with E-state index in [0.29, 0.717) is 24.7 Å². The van der Waals surface area contributed by atoms with Crippen LogP contribution in [0, 0.1) is 0 Å². The van der Waals surface area contributed by atoms with Crippen molar-refractivity contribution in [2.45, 2.75) is 12.1 Å². The molecule has 0 aromatic carbocycles.